The molecule has 16 heavy (non-hydrogen) atoms. The van der Waals surface area contributed by atoms with Crippen molar-refractivity contribution in [2.75, 3.05) is 6.54 Å². The van der Waals surface area contributed by atoms with E-state index in [9.17, 15) is 4.79 Å². The molecule has 1 rings (SSSR count). The molecule has 0 unspecified atom stereocenters. The molecule has 1 N–H and O–H groups in total. The summed E-state index contributed by atoms with van der Waals surface area (Å²) in [5.41, 5.74) is 0.619. The molecule has 0 aromatic carbocycles. The number of likely N-dealkylation sites (tertiary alicyclic amines) is 1. The number of hydrogen-bond acceptors (Lipinski definition) is 2. The van der Waals surface area contributed by atoms with Crippen LogP contribution in [0.25, 0.3) is 0 Å². The zero-order valence-electron chi connectivity index (χ0n) is 11.0. The maximum atomic E-state index is 10.9. The zero-order valence-corrected chi connectivity index (χ0v) is 11.0. The van der Waals surface area contributed by atoms with E-state index in [0.29, 0.717) is 5.57 Å². The number of aliphatic carboxylic acids is 1. The first kappa shape index (κ1) is 13.1. The van der Waals surface area contributed by atoms with Crippen LogP contribution in [-0.2, 0) is 4.79 Å². The zero-order chi connectivity index (χ0) is 12.6. The van der Waals surface area contributed by atoms with E-state index in [1.165, 1.54) is 6.42 Å². The molecule has 3 heteroatoms. The van der Waals surface area contributed by atoms with E-state index in [4.69, 9.17) is 5.11 Å². The molecule has 0 bridgehead atoms. The normalized spacial score (nSPS) is 24.3. The minimum absolute atomic E-state index is 0.00194. The molecule has 1 heterocycles. The minimum atomic E-state index is -0.834. The van der Waals surface area contributed by atoms with Crippen molar-refractivity contribution in [2.24, 2.45) is 5.41 Å². The topological polar surface area (TPSA) is 40.5 Å². The average molecular weight is 225 g/mol. The van der Waals surface area contributed by atoms with Gasteiger partial charge in [0.1, 0.15) is 0 Å². The molecule has 1 aliphatic rings. The van der Waals surface area contributed by atoms with E-state index >= 15 is 0 Å². The van der Waals surface area contributed by atoms with E-state index < -0.39 is 5.97 Å². The average Bonchev–Trinajstić information content (AvgIpc) is 2.13. The largest absolute Gasteiger partial charge is 0.478 e. The third-order valence-electron chi connectivity index (χ3n) is 4.26. The fourth-order valence-corrected chi connectivity index (χ4v) is 2.18. The molecular formula is C13H23NO2. The van der Waals surface area contributed by atoms with Crippen molar-refractivity contribution in [3.63, 3.8) is 0 Å². The number of carboxylic acid groups (broad SMARTS) is 1. The number of piperidine rings is 1. The molecule has 0 aromatic heterocycles. The van der Waals surface area contributed by atoms with Crippen molar-refractivity contribution in [3.8, 4) is 0 Å². The Morgan fingerprint density at radius 3 is 2.38 bits per heavy atom. The standard InChI is InChI=1S/C13H23NO2/c1-10(11(15)16)9-14-8-6-7-12(2,3)13(14,4)5/h9H,6-8H2,1-5H3,(H,15,16)/b10-9+. The SMILES string of the molecule is C/C(=C\N1CCCC(C)(C)C1(C)C)C(=O)O. The molecule has 0 saturated carbocycles. The van der Waals surface area contributed by atoms with Crippen LogP contribution in [0.4, 0.5) is 0 Å². The molecule has 0 atom stereocenters. The van der Waals surface area contributed by atoms with Crippen LogP contribution in [0.1, 0.15) is 47.5 Å². The lowest BCUT2D eigenvalue weighted by molar-refractivity contribution is -0.132. The highest BCUT2D eigenvalue weighted by Crippen LogP contribution is 2.43. The highest BCUT2D eigenvalue weighted by molar-refractivity contribution is 5.85. The number of nitrogens with zero attached hydrogens (tertiary/aromatic N) is 1. The summed E-state index contributed by atoms with van der Waals surface area (Å²) >= 11 is 0. The Kier molecular flexibility index (Phi) is 3.36. The van der Waals surface area contributed by atoms with E-state index in [1.54, 1.807) is 13.1 Å². The Hall–Kier alpha value is -0.990. The molecule has 0 spiro atoms. The van der Waals surface area contributed by atoms with Crippen LogP contribution in [-0.4, -0.2) is 28.1 Å². The number of rotatable bonds is 2. The smallest absolute Gasteiger partial charge is 0.332 e. The molecule has 0 aromatic rings. The first-order chi connectivity index (χ1) is 7.18. The first-order valence-electron chi connectivity index (χ1n) is 5.87. The van der Waals surface area contributed by atoms with Gasteiger partial charge in [-0.15, -0.1) is 0 Å². The number of carboxylic acids is 1. The highest BCUT2D eigenvalue weighted by Gasteiger charge is 2.43. The van der Waals surface area contributed by atoms with Gasteiger partial charge in [-0.25, -0.2) is 4.79 Å². The van der Waals surface area contributed by atoms with Crippen LogP contribution in [0.15, 0.2) is 11.8 Å². The summed E-state index contributed by atoms with van der Waals surface area (Å²) in [7, 11) is 0. The summed E-state index contributed by atoms with van der Waals surface area (Å²) in [6.45, 7) is 11.5. The first-order valence-corrected chi connectivity index (χ1v) is 5.87. The molecule has 1 saturated heterocycles. The van der Waals surface area contributed by atoms with Crippen LogP contribution in [0.2, 0.25) is 0 Å². The second-order valence-electron chi connectivity index (χ2n) is 5.86. The van der Waals surface area contributed by atoms with Crippen molar-refractivity contribution in [1.29, 1.82) is 0 Å². The summed E-state index contributed by atoms with van der Waals surface area (Å²) in [6.07, 6.45) is 4.11. The summed E-state index contributed by atoms with van der Waals surface area (Å²) < 4.78 is 0. The Morgan fingerprint density at radius 2 is 1.88 bits per heavy atom. The lowest BCUT2D eigenvalue weighted by Gasteiger charge is -2.53. The molecule has 3 nitrogen and oxygen atoms in total. The third-order valence-corrected chi connectivity index (χ3v) is 4.26. The summed E-state index contributed by atoms with van der Waals surface area (Å²) in [5, 5.41) is 8.92. The summed E-state index contributed by atoms with van der Waals surface area (Å²) in [5.74, 6) is -0.834. The van der Waals surface area contributed by atoms with Gasteiger partial charge in [0, 0.05) is 23.9 Å². The number of carbonyl (C=O) groups is 1. The molecule has 0 radical (unpaired) electrons. The van der Waals surface area contributed by atoms with Crippen LogP contribution in [0.3, 0.4) is 0 Å². The van der Waals surface area contributed by atoms with Crippen LogP contribution < -0.4 is 0 Å². The lowest BCUT2D eigenvalue weighted by atomic mass is 9.68. The third kappa shape index (κ3) is 2.23. The van der Waals surface area contributed by atoms with Gasteiger partial charge >= 0.3 is 5.97 Å². The predicted molar refractivity (Wildman–Crippen MR) is 65.2 cm³/mol. The van der Waals surface area contributed by atoms with Crippen molar-refractivity contribution in [3.05, 3.63) is 11.8 Å². The van der Waals surface area contributed by atoms with Gasteiger partial charge < -0.3 is 10.0 Å². The minimum Gasteiger partial charge on any atom is -0.478 e. The maximum Gasteiger partial charge on any atom is 0.332 e. The number of hydrogen-bond donors (Lipinski definition) is 1. The van der Waals surface area contributed by atoms with Crippen LogP contribution >= 0.6 is 0 Å². The van der Waals surface area contributed by atoms with Gasteiger partial charge in [-0.3, -0.25) is 0 Å². The monoisotopic (exact) mass is 225 g/mol. The molecule has 0 aliphatic carbocycles. The highest BCUT2D eigenvalue weighted by atomic mass is 16.4. The summed E-state index contributed by atoms with van der Waals surface area (Å²) in [6, 6.07) is 0. The summed E-state index contributed by atoms with van der Waals surface area (Å²) in [4.78, 5) is 13.0. The quantitative estimate of drug-likeness (QED) is 0.735. The van der Waals surface area contributed by atoms with Crippen molar-refractivity contribution < 1.29 is 9.90 Å². The Morgan fingerprint density at radius 1 is 1.31 bits per heavy atom. The van der Waals surface area contributed by atoms with Gasteiger partial charge in [0.05, 0.1) is 0 Å². The lowest BCUT2D eigenvalue weighted by Crippen LogP contribution is -2.55. The van der Waals surface area contributed by atoms with Gasteiger partial charge in [0.2, 0.25) is 0 Å². The van der Waals surface area contributed by atoms with Gasteiger partial charge in [0.15, 0.2) is 0 Å². The van der Waals surface area contributed by atoms with Gasteiger partial charge in [0.25, 0.3) is 0 Å². The van der Waals surface area contributed by atoms with E-state index in [1.807, 2.05) is 0 Å². The van der Waals surface area contributed by atoms with Crippen molar-refractivity contribution >= 4 is 5.97 Å². The van der Waals surface area contributed by atoms with Gasteiger partial charge in [-0.05, 0) is 39.0 Å². The van der Waals surface area contributed by atoms with E-state index in [2.05, 4.69) is 32.6 Å². The van der Waals surface area contributed by atoms with Gasteiger partial charge in [-0.1, -0.05) is 13.8 Å². The molecule has 1 aliphatic heterocycles. The Bertz CT molecular complexity index is 316. The van der Waals surface area contributed by atoms with Crippen molar-refractivity contribution in [2.45, 2.75) is 53.0 Å². The Balaban J connectivity index is 2.97. The fourth-order valence-electron chi connectivity index (χ4n) is 2.18. The van der Waals surface area contributed by atoms with Crippen LogP contribution in [0.5, 0.6) is 0 Å². The molecular weight excluding hydrogens is 202 g/mol. The predicted octanol–water partition coefficient (Wildman–Crippen LogP) is 2.88. The van der Waals surface area contributed by atoms with Crippen LogP contribution in [0, 0.1) is 5.41 Å². The second-order valence-corrected chi connectivity index (χ2v) is 5.86. The molecule has 0 amide bonds. The molecule has 92 valence electrons. The van der Waals surface area contributed by atoms with E-state index in [0.717, 1.165) is 13.0 Å². The van der Waals surface area contributed by atoms with Gasteiger partial charge in [-0.2, -0.15) is 0 Å². The maximum absolute atomic E-state index is 10.9. The second kappa shape index (κ2) is 4.11. The van der Waals surface area contributed by atoms with Crippen molar-refractivity contribution in [1.82, 2.24) is 4.90 Å². The van der Waals surface area contributed by atoms with E-state index in [-0.39, 0.29) is 11.0 Å². The molecule has 1 fully saturated rings. The fraction of sp³-hybridized carbons (Fsp3) is 0.769. The Labute approximate surface area is 98.1 Å².